The fourth-order valence-corrected chi connectivity index (χ4v) is 3.25. The maximum Gasteiger partial charge on any atom is 0.227 e. The summed E-state index contributed by atoms with van der Waals surface area (Å²) in [6, 6.07) is 8.27. The number of hydrogen-bond acceptors (Lipinski definition) is 5. The van der Waals surface area contributed by atoms with E-state index in [0.29, 0.717) is 19.1 Å². The molecule has 1 saturated heterocycles. The van der Waals surface area contributed by atoms with Crippen molar-refractivity contribution in [3.63, 3.8) is 0 Å². The monoisotopic (exact) mass is 393 g/mol. The predicted molar refractivity (Wildman–Crippen MR) is 106 cm³/mol. The van der Waals surface area contributed by atoms with Gasteiger partial charge in [0.1, 0.15) is 18.1 Å². The van der Waals surface area contributed by atoms with E-state index in [9.17, 15) is 4.79 Å². The SMILES string of the molecule is Cc1noc(C)c1COc1ccc(CC(=O)N2CCNC(C)C2C)cc1.Cl. The Morgan fingerprint density at radius 3 is 2.63 bits per heavy atom. The van der Waals surface area contributed by atoms with E-state index in [-0.39, 0.29) is 24.4 Å². The Bertz CT molecular complexity index is 741. The molecule has 0 bridgehead atoms. The Morgan fingerprint density at radius 2 is 2.00 bits per heavy atom. The van der Waals surface area contributed by atoms with Gasteiger partial charge in [-0.3, -0.25) is 4.79 Å². The average Bonchev–Trinajstić information content (AvgIpc) is 2.95. The van der Waals surface area contributed by atoms with Crippen LogP contribution in [0.2, 0.25) is 0 Å². The van der Waals surface area contributed by atoms with Crippen LogP contribution in [0.1, 0.15) is 36.4 Å². The molecule has 1 aromatic heterocycles. The molecule has 1 aliphatic heterocycles. The molecule has 0 saturated carbocycles. The molecule has 1 fully saturated rings. The van der Waals surface area contributed by atoms with Crippen molar-refractivity contribution in [1.82, 2.24) is 15.4 Å². The first-order chi connectivity index (χ1) is 12.5. The van der Waals surface area contributed by atoms with Gasteiger partial charge in [-0.25, -0.2) is 0 Å². The van der Waals surface area contributed by atoms with Gasteiger partial charge in [0.15, 0.2) is 0 Å². The molecule has 148 valence electrons. The Morgan fingerprint density at radius 1 is 1.30 bits per heavy atom. The van der Waals surface area contributed by atoms with E-state index in [1.807, 2.05) is 43.0 Å². The lowest BCUT2D eigenvalue weighted by Gasteiger charge is -2.38. The number of piperazine rings is 1. The normalized spacial score (nSPS) is 19.5. The molecule has 2 unspecified atom stereocenters. The highest BCUT2D eigenvalue weighted by Gasteiger charge is 2.27. The molecular formula is C20H28ClN3O3. The van der Waals surface area contributed by atoms with Crippen molar-refractivity contribution >= 4 is 18.3 Å². The number of nitrogens with one attached hydrogen (secondary N) is 1. The lowest BCUT2D eigenvalue weighted by atomic mass is 10.0. The van der Waals surface area contributed by atoms with Crippen LogP contribution in [0.25, 0.3) is 0 Å². The fourth-order valence-electron chi connectivity index (χ4n) is 3.25. The van der Waals surface area contributed by atoms with Crippen molar-refractivity contribution in [3.05, 3.63) is 46.8 Å². The second-order valence-corrected chi connectivity index (χ2v) is 6.98. The second-order valence-electron chi connectivity index (χ2n) is 6.98. The van der Waals surface area contributed by atoms with Gasteiger partial charge in [0, 0.05) is 25.2 Å². The first-order valence-electron chi connectivity index (χ1n) is 9.12. The zero-order chi connectivity index (χ0) is 18.7. The Hall–Kier alpha value is -2.05. The van der Waals surface area contributed by atoms with Crippen LogP contribution in [-0.4, -0.2) is 41.1 Å². The van der Waals surface area contributed by atoms with Crippen LogP contribution in [-0.2, 0) is 17.8 Å². The van der Waals surface area contributed by atoms with E-state index in [1.54, 1.807) is 0 Å². The van der Waals surface area contributed by atoms with Gasteiger partial charge in [-0.15, -0.1) is 12.4 Å². The molecule has 1 aliphatic rings. The number of rotatable bonds is 5. The van der Waals surface area contributed by atoms with Gasteiger partial charge in [-0.05, 0) is 45.4 Å². The lowest BCUT2D eigenvalue weighted by molar-refractivity contribution is -0.134. The standard InChI is InChI=1S/C20H27N3O3.ClH/c1-13-15(3)23(10-9-21-13)20(24)11-17-5-7-18(8-6-17)25-12-19-14(2)22-26-16(19)4;/h5-8,13,15,21H,9-12H2,1-4H3;1H. The van der Waals surface area contributed by atoms with Crippen molar-refractivity contribution in [3.8, 4) is 5.75 Å². The van der Waals surface area contributed by atoms with Crippen LogP contribution in [0.3, 0.4) is 0 Å². The number of aromatic nitrogens is 1. The van der Waals surface area contributed by atoms with E-state index in [1.165, 1.54) is 0 Å². The first-order valence-corrected chi connectivity index (χ1v) is 9.12. The summed E-state index contributed by atoms with van der Waals surface area (Å²) in [5, 5.41) is 7.33. The topological polar surface area (TPSA) is 67.6 Å². The van der Waals surface area contributed by atoms with Crippen LogP contribution in [0.4, 0.5) is 0 Å². The summed E-state index contributed by atoms with van der Waals surface area (Å²) in [4.78, 5) is 14.6. The lowest BCUT2D eigenvalue weighted by Crippen LogP contribution is -2.57. The maximum atomic E-state index is 12.6. The maximum absolute atomic E-state index is 12.6. The third kappa shape index (κ3) is 5.02. The molecule has 2 aromatic rings. The molecule has 3 rings (SSSR count). The van der Waals surface area contributed by atoms with E-state index >= 15 is 0 Å². The molecule has 0 spiro atoms. The minimum absolute atomic E-state index is 0. The Balaban J connectivity index is 0.00000261. The van der Waals surface area contributed by atoms with Crippen molar-refractivity contribution in [1.29, 1.82) is 0 Å². The molecular weight excluding hydrogens is 366 g/mol. The molecule has 0 radical (unpaired) electrons. The number of carbonyl (C=O) groups excluding carboxylic acids is 1. The molecule has 27 heavy (non-hydrogen) atoms. The van der Waals surface area contributed by atoms with Crippen LogP contribution >= 0.6 is 12.4 Å². The third-order valence-electron chi connectivity index (χ3n) is 5.20. The number of aryl methyl sites for hydroxylation is 2. The van der Waals surface area contributed by atoms with Gasteiger partial charge >= 0.3 is 0 Å². The van der Waals surface area contributed by atoms with Crippen LogP contribution in [0.15, 0.2) is 28.8 Å². The molecule has 7 heteroatoms. The number of hydrogen-bond donors (Lipinski definition) is 1. The highest BCUT2D eigenvalue weighted by Crippen LogP contribution is 2.19. The molecule has 6 nitrogen and oxygen atoms in total. The molecule has 1 amide bonds. The highest BCUT2D eigenvalue weighted by atomic mass is 35.5. The summed E-state index contributed by atoms with van der Waals surface area (Å²) in [6.45, 7) is 10.0. The van der Waals surface area contributed by atoms with Crippen LogP contribution in [0.5, 0.6) is 5.75 Å². The summed E-state index contributed by atoms with van der Waals surface area (Å²) in [5.41, 5.74) is 2.83. The Kier molecular flexibility index (Phi) is 7.27. The summed E-state index contributed by atoms with van der Waals surface area (Å²) >= 11 is 0. The van der Waals surface area contributed by atoms with E-state index in [4.69, 9.17) is 9.26 Å². The largest absolute Gasteiger partial charge is 0.489 e. The smallest absolute Gasteiger partial charge is 0.227 e. The quantitative estimate of drug-likeness (QED) is 0.845. The van der Waals surface area contributed by atoms with E-state index in [2.05, 4.69) is 24.3 Å². The predicted octanol–water partition coefficient (Wildman–Crippen LogP) is 3.04. The number of ether oxygens (including phenoxy) is 1. The fraction of sp³-hybridized carbons (Fsp3) is 0.500. The minimum atomic E-state index is 0. The average molecular weight is 394 g/mol. The van der Waals surface area contributed by atoms with Crippen molar-refractivity contribution in [2.24, 2.45) is 0 Å². The summed E-state index contributed by atoms with van der Waals surface area (Å²) in [5.74, 6) is 1.73. The van der Waals surface area contributed by atoms with Crippen molar-refractivity contribution in [2.45, 2.75) is 52.8 Å². The summed E-state index contributed by atoms with van der Waals surface area (Å²) < 4.78 is 11.0. The van der Waals surface area contributed by atoms with Gasteiger partial charge in [0.2, 0.25) is 5.91 Å². The zero-order valence-corrected chi connectivity index (χ0v) is 17.1. The first kappa shape index (κ1) is 21.3. The second kappa shape index (κ2) is 9.24. The third-order valence-corrected chi connectivity index (χ3v) is 5.20. The summed E-state index contributed by atoms with van der Waals surface area (Å²) in [6.07, 6.45) is 0.418. The zero-order valence-electron chi connectivity index (χ0n) is 16.3. The van der Waals surface area contributed by atoms with Crippen LogP contribution in [0, 0.1) is 13.8 Å². The number of halogens is 1. The molecule has 0 aliphatic carbocycles. The Labute approximate surface area is 166 Å². The molecule has 1 aromatic carbocycles. The van der Waals surface area contributed by atoms with E-state index in [0.717, 1.165) is 41.4 Å². The number of carbonyl (C=O) groups is 1. The molecule has 2 atom stereocenters. The number of benzene rings is 1. The molecule has 1 N–H and O–H groups in total. The van der Waals surface area contributed by atoms with Gasteiger partial charge in [-0.2, -0.15) is 0 Å². The van der Waals surface area contributed by atoms with Gasteiger partial charge in [0.05, 0.1) is 17.7 Å². The molecule has 2 heterocycles. The van der Waals surface area contributed by atoms with Gasteiger partial charge in [0.25, 0.3) is 0 Å². The van der Waals surface area contributed by atoms with Crippen molar-refractivity contribution in [2.75, 3.05) is 13.1 Å². The highest BCUT2D eigenvalue weighted by molar-refractivity contribution is 5.85. The minimum Gasteiger partial charge on any atom is -0.489 e. The van der Waals surface area contributed by atoms with Crippen molar-refractivity contribution < 1.29 is 14.1 Å². The van der Waals surface area contributed by atoms with Gasteiger partial charge < -0.3 is 19.5 Å². The summed E-state index contributed by atoms with van der Waals surface area (Å²) in [7, 11) is 0. The van der Waals surface area contributed by atoms with E-state index < -0.39 is 0 Å². The van der Waals surface area contributed by atoms with Crippen LogP contribution < -0.4 is 10.1 Å². The number of amides is 1. The number of nitrogens with zero attached hydrogens (tertiary/aromatic N) is 2. The van der Waals surface area contributed by atoms with Gasteiger partial charge in [-0.1, -0.05) is 17.3 Å².